The molecule has 0 aliphatic heterocycles. The van der Waals surface area contributed by atoms with E-state index in [9.17, 15) is 4.79 Å². The quantitative estimate of drug-likeness (QED) is 0.916. The minimum absolute atomic E-state index is 0.109. The fourth-order valence-corrected chi connectivity index (χ4v) is 2.04. The van der Waals surface area contributed by atoms with Gasteiger partial charge in [0.25, 0.3) is 0 Å². The molecule has 0 aliphatic rings. The Bertz CT molecular complexity index is 601. The number of aryl methyl sites for hydroxylation is 2. The van der Waals surface area contributed by atoms with E-state index in [1.54, 1.807) is 6.20 Å². The first-order chi connectivity index (χ1) is 8.97. The van der Waals surface area contributed by atoms with Crippen LogP contribution in [0.5, 0.6) is 0 Å². The van der Waals surface area contributed by atoms with Crippen molar-refractivity contribution in [3.8, 4) is 0 Å². The van der Waals surface area contributed by atoms with Crippen molar-refractivity contribution in [1.82, 2.24) is 24.9 Å². The van der Waals surface area contributed by atoms with Crippen LogP contribution in [0.1, 0.15) is 17.0 Å². The molecule has 0 unspecified atom stereocenters. The first-order valence-electron chi connectivity index (χ1n) is 5.91. The van der Waals surface area contributed by atoms with Crippen molar-refractivity contribution in [3.05, 3.63) is 34.4 Å². The van der Waals surface area contributed by atoms with Crippen LogP contribution in [0.15, 0.2) is 12.4 Å². The number of hydrogen-bond donors (Lipinski definition) is 1. The monoisotopic (exact) mass is 281 g/mol. The highest BCUT2D eigenvalue weighted by molar-refractivity contribution is 6.30. The first-order valence-corrected chi connectivity index (χ1v) is 6.29. The predicted molar refractivity (Wildman–Crippen MR) is 71.8 cm³/mol. The standard InChI is InChI=1S/C12H16ClN5O/c1-8-11(9(2)17(3)16-8)5-14-12(19)7-18-6-10(13)4-15-18/h4,6H,5,7H2,1-3H3,(H,14,19). The summed E-state index contributed by atoms with van der Waals surface area (Å²) in [5, 5.41) is 11.6. The summed E-state index contributed by atoms with van der Waals surface area (Å²) in [6.45, 7) is 4.54. The van der Waals surface area contributed by atoms with E-state index in [1.807, 2.05) is 25.6 Å². The molecule has 2 aromatic heterocycles. The lowest BCUT2D eigenvalue weighted by Gasteiger charge is -2.06. The highest BCUT2D eigenvalue weighted by atomic mass is 35.5. The van der Waals surface area contributed by atoms with Crippen LogP contribution in [0.25, 0.3) is 0 Å². The van der Waals surface area contributed by atoms with Gasteiger partial charge in [-0.25, -0.2) is 0 Å². The molecule has 0 aliphatic carbocycles. The topological polar surface area (TPSA) is 64.7 Å². The van der Waals surface area contributed by atoms with Crippen LogP contribution in [0.2, 0.25) is 5.02 Å². The predicted octanol–water partition coefficient (Wildman–Crippen LogP) is 1.20. The summed E-state index contributed by atoms with van der Waals surface area (Å²) in [7, 11) is 1.89. The van der Waals surface area contributed by atoms with E-state index in [0.29, 0.717) is 11.6 Å². The van der Waals surface area contributed by atoms with E-state index in [0.717, 1.165) is 17.0 Å². The van der Waals surface area contributed by atoms with Crippen molar-refractivity contribution < 1.29 is 4.79 Å². The maximum absolute atomic E-state index is 11.8. The van der Waals surface area contributed by atoms with E-state index >= 15 is 0 Å². The highest BCUT2D eigenvalue weighted by Gasteiger charge is 2.11. The smallest absolute Gasteiger partial charge is 0.242 e. The molecule has 6 nitrogen and oxygen atoms in total. The number of nitrogens with one attached hydrogen (secondary N) is 1. The molecule has 0 saturated heterocycles. The second-order valence-corrected chi connectivity index (χ2v) is 4.84. The summed E-state index contributed by atoms with van der Waals surface area (Å²) in [6, 6.07) is 0. The van der Waals surface area contributed by atoms with Gasteiger partial charge in [0, 0.05) is 31.0 Å². The minimum Gasteiger partial charge on any atom is -0.350 e. The fourth-order valence-electron chi connectivity index (χ4n) is 1.89. The van der Waals surface area contributed by atoms with Gasteiger partial charge in [-0.05, 0) is 13.8 Å². The molecule has 0 bridgehead atoms. The molecule has 0 fully saturated rings. The summed E-state index contributed by atoms with van der Waals surface area (Å²) in [5.74, 6) is -0.109. The van der Waals surface area contributed by atoms with E-state index in [-0.39, 0.29) is 12.5 Å². The van der Waals surface area contributed by atoms with Crippen LogP contribution in [-0.4, -0.2) is 25.5 Å². The second kappa shape index (κ2) is 5.44. The molecule has 0 atom stereocenters. The number of amides is 1. The average molecular weight is 282 g/mol. The average Bonchev–Trinajstić information content (AvgIpc) is 2.83. The Hall–Kier alpha value is -1.82. The van der Waals surface area contributed by atoms with E-state index in [4.69, 9.17) is 11.6 Å². The van der Waals surface area contributed by atoms with Crippen molar-refractivity contribution in [2.75, 3.05) is 0 Å². The van der Waals surface area contributed by atoms with Crippen LogP contribution < -0.4 is 5.32 Å². The Labute approximate surface area is 116 Å². The van der Waals surface area contributed by atoms with Crippen LogP contribution in [0.4, 0.5) is 0 Å². The Kier molecular flexibility index (Phi) is 3.90. The normalized spacial score (nSPS) is 10.7. The lowest BCUT2D eigenvalue weighted by atomic mass is 10.2. The molecule has 102 valence electrons. The van der Waals surface area contributed by atoms with Crippen molar-refractivity contribution >= 4 is 17.5 Å². The maximum Gasteiger partial charge on any atom is 0.242 e. The van der Waals surface area contributed by atoms with Gasteiger partial charge in [-0.1, -0.05) is 11.6 Å². The third-order valence-electron chi connectivity index (χ3n) is 3.03. The summed E-state index contributed by atoms with van der Waals surface area (Å²) in [4.78, 5) is 11.8. The molecule has 2 heterocycles. The van der Waals surface area contributed by atoms with Crippen molar-refractivity contribution in [2.24, 2.45) is 7.05 Å². The molecular weight excluding hydrogens is 266 g/mol. The summed E-state index contributed by atoms with van der Waals surface area (Å²) in [5.41, 5.74) is 3.04. The molecule has 0 spiro atoms. The molecular formula is C12H16ClN5O. The van der Waals surface area contributed by atoms with Crippen LogP contribution >= 0.6 is 11.6 Å². The van der Waals surface area contributed by atoms with E-state index in [2.05, 4.69) is 15.5 Å². The Balaban J connectivity index is 1.93. The van der Waals surface area contributed by atoms with E-state index in [1.165, 1.54) is 10.9 Å². The van der Waals surface area contributed by atoms with Gasteiger partial charge < -0.3 is 5.32 Å². The Morgan fingerprint density at radius 1 is 1.47 bits per heavy atom. The zero-order chi connectivity index (χ0) is 14.0. The molecule has 0 saturated carbocycles. The molecule has 2 aromatic rings. The molecule has 0 radical (unpaired) electrons. The SMILES string of the molecule is Cc1nn(C)c(C)c1CNC(=O)Cn1cc(Cl)cn1. The lowest BCUT2D eigenvalue weighted by Crippen LogP contribution is -2.27. The minimum atomic E-state index is -0.109. The zero-order valence-electron chi connectivity index (χ0n) is 11.1. The third-order valence-corrected chi connectivity index (χ3v) is 3.22. The van der Waals surface area contributed by atoms with Gasteiger partial charge in [-0.3, -0.25) is 14.2 Å². The van der Waals surface area contributed by atoms with Gasteiger partial charge in [-0.15, -0.1) is 0 Å². The number of carbonyl (C=O) groups excluding carboxylic acids is 1. The number of nitrogens with zero attached hydrogens (tertiary/aromatic N) is 4. The van der Waals surface area contributed by atoms with E-state index < -0.39 is 0 Å². The molecule has 1 amide bonds. The maximum atomic E-state index is 11.8. The summed E-state index contributed by atoms with van der Waals surface area (Å²) >= 11 is 5.74. The number of halogens is 1. The number of carbonyl (C=O) groups is 1. The second-order valence-electron chi connectivity index (χ2n) is 4.41. The molecule has 0 aromatic carbocycles. The van der Waals surface area contributed by atoms with Crippen LogP contribution in [0, 0.1) is 13.8 Å². The van der Waals surface area contributed by atoms with Crippen molar-refractivity contribution in [3.63, 3.8) is 0 Å². The Morgan fingerprint density at radius 2 is 2.21 bits per heavy atom. The van der Waals surface area contributed by atoms with Gasteiger partial charge in [0.2, 0.25) is 5.91 Å². The molecule has 7 heteroatoms. The summed E-state index contributed by atoms with van der Waals surface area (Å²) in [6.07, 6.45) is 3.12. The highest BCUT2D eigenvalue weighted by Crippen LogP contribution is 2.11. The van der Waals surface area contributed by atoms with Crippen LogP contribution in [0.3, 0.4) is 0 Å². The number of rotatable bonds is 4. The number of aromatic nitrogens is 4. The van der Waals surface area contributed by atoms with Crippen LogP contribution in [-0.2, 0) is 24.9 Å². The van der Waals surface area contributed by atoms with Gasteiger partial charge in [-0.2, -0.15) is 10.2 Å². The van der Waals surface area contributed by atoms with Gasteiger partial charge in [0.15, 0.2) is 0 Å². The largest absolute Gasteiger partial charge is 0.350 e. The fraction of sp³-hybridized carbons (Fsp3) is 0.417. The molecule has 19 heavy (non-hydrogen) atoms. The third kappa shape index (κ3) is 3.14. The van der Waals surface area contributed by atoms with Gasteiger partial charge in [0.1, 0.15) is 6.54 Å². The summed E-state index contributed by atoms with van der Waals surface area (Å²) < 4.78 is 3.31. The zero-order valence-corrected chi connectivity index (χ0v) is 11.9. The van der Waals surface area contributed by atoms with Gasteiger partial charge in [0.05, 0.1) is 16.9 Å². The van der Waals surface area contributed by atoms with Crippen molar-refractivity contribution in [2.45, 2.75) is 26.9 Å². The van der Waals surface area contributed by atoms with Gasteiger partial charge >= 0.3 is 0 Å². The number of hydrogen-bond acceptors (Lipinski definition) is 3. The Morgan fingerprint density at radius 3 is 2.74 bits per heavy atom. The lowest BCUT2D eigenvalue weighted by molar-refractivity contribution is -0.122. The molecule has 1 N–H and O–H groups in total. The van der Waals surface area contributed by atoms with Crippen molar-refractivity contribution in [1.29, 1.82) is 0 Å². The first kappa shape index (κ1) is 13.6. The molecule has 2 rings (SSSR count).